The summed E-state index contributed by atoms with van der Waals surface area (Å²) in [6.45, 7) is 3.68. The topological polar surface area (TPSA) is 49.4 Å². The number of carbonyl (C=O) groups excluding carboxylic acids is 2. The van der Waals surface area contributed by atoms with Crippen molar-refractivity contribution >= 4 is 40.7 Å². The molecule has 1 aromatic carbocycles. The zero-order chi connectivity index (χ0) is 16.6. The molecule has 3 rings (SSSR count). The lowest BCUT2D eigenvalue weighted by Crippen LogP contribution is -2.46. The molecule has 124 valence electrons. The zero-order valence-electron chi connectivity index (χ0n) is 13.1. The van der Waals surface area contributed by atoms with Gasteiger partial charge in [0.15, 0.2) is 0 Å². The van der Waals surface area contributed by atoms with Gasteiger partial charge in [-0.05, 0) is 43.7 Å². The van der Waals surface area contributed by atoms with Crippen LogP contribution in [0.3, 0.4) is 0 Å². The first-order valence-corrected chi connectivity index (χ1v) is 8.74. The fourth-order valence-corrected chi connectivity index (χ4v) is 3.37. The molecule has 1 heterocycles. The van der Waals surface area contributed by atoms with E-state index in [1.165, 1.54) is 0 Å². The summed E-state index contributed by atoms with van der Waals surface area (Å²) in [5.74, 6) is 0.332. The number of nitrogens with one attached hydrogen (secondary N) is 1. The standard InChI is InChI=1S/C17H20Cl2N2O2/c1-11-5-9-21(10-6-11)16(23)17(7-8-17)15(22)20-13-4-2-3-12(18)14(13)19/h2-4,11H,5-10H2,1H3,(H,20,22). The van der Waals surface area contributed by atoms with Gasteiger partial charge in [-0.3, -0.25) is 9.59 Å². The molecule has 2 aliphatic rings. The summed E-state index contributed by atoms with van der Waals surface area (Å²) in [6, 6.07) is 5.07. The first kappa shape index (κ1) is 16.6. The minimum atomic E-state index is -0.910. The van der Waals surface area contributed by atoms with Gasteiger partial charge in [-0.15, -0.1) is 0 Å². The molecule has 4 nitrogen and oxygen atoms in total. The van der Waals surface area contributed by atoms with Crippen LogP contribution >= 0.6 is 23.2 Å². The highest BCUT2D eigenvalue weighted by Crippen LogP contribution is 2.49. The van der Waals surface area contributed by atoms with Crippen molar-refractivity contribution in [3.05, 3.63) is 28.2 Å². The van der Waals surface area contributed by atoms with Crippen molar-refractivity contribution in [3.8, 4) is 0 Å². The van der Waals surface area contributed by atoms with Gasteiger partial charge in [0.1, 0.15) is 5.41 Å². The number of likely N-dealkylation sites (tertiary alicyclic amines) is 1. The van der Waals surface area contributed by atoms with E-state index in [2.05, 4.69) is 12.2 Å². The van der Waals surface area contributed by atoms with Crippen molar-refractivity contribution in [1.29, 1.82) is 0 Å². The van der Waals surface area contributed by atoms with Gasteiger partial charge in [-0.25, -0.2) is 0 Å². The average molecular weight is 355 g/mol. The first-order chi connectivity index (χ1) is 10.9. The summed E-state index contributed by atoms with van der Waals surface area (Å²) in [7, 11) is 0. The van der Waals surface area contributed by atoms with E-state index >= 15 is 0 Å². The van der Waals surface area contributed by atoms with Gasteiger partial charge in [0.25, 0.3) is 0 Å². The Bertz CT molecular complexity index is 635. The Morgan fingerprint density at radius 1 is 1.22 bits per heavy atom. The van der Waals surface area contributed by atoms with E-state index in [1.54, 1.807) is 18.2 Å². The molecule has 1 aromatic rings. The lowest BCUT2D eigenvalue weighted by atomic mass is 9.96. The van der Waals surface area contributed by atoms with Crippen LogP contribution in [0.15, 0.2) is 18.2 Å². The summed E-state index contributed by atoms with van der Waals surface area (Å²) in [5.41, 5.74) is -0.456. The Balaban J connectivity index is 1.71. The number of hydrogen-bond donors (Lipinski definition) is 1. The molecule has 0 bridgehead atoms. The summed E-state index contributed by atoms with van der Waals surface area (Å²) in [4.78, 5) is 27.3. The molecule has 2 fully saturated rings. The molecule has 1 saturated heterocycles. The highest BCUT2D eigenvalue weighted by molar-refractivity contribution is 6.44. The van der Waals surface area contributed by atoms with Crippen LogP contribution in [0.5, 0.6) is 0 Å². The largest absolute Gasteiger partial charge is 0.342 e. The van der Waals surface area contributed by atoms with E-state index in [0.717, 1.165) is 25.9 Å². The SMILES string of the molecule is CC1CCN(C(=O)C2(C(=O)Nc3cccc(Cl)c3Cl)CC2)CC1. The minimum Gasteiger partial charge on any atom is -0.342 e. The Labute approximate surface area is 146 Å². The smallest absolute Gasteiger partial charge is 0.240 e. The molecule has 1 aliphatic heterocycles. The minimum absolute atomic E-state index is 0.0416. The van der Waals surface area contributed by atoms with E-state index in [9.17, 15) is 9.59 Å². The Hall–Kier alpha value is -1.26. The van der Waals surface area contributed by atoms with Crippen molar-refractivity contribution < 1.29 is 9.59 Å². The molecule has 2 amide bonds. The van der Waals surface area contributed by atoms with E-state index < -0.39 is 5.41 Å². The number of piperidine rings is 1. The van der Waals surface area contributed by atoms with Crippen LogP contribution in [0.4, 0.5) is 5.69 Å². The summed E-state index contributed by atoms with van der Waals surface area (Å²) in [5, 5.41) is 3.46. The Kier molecular flexibility index (Phi) is 4.56. The second kappa shape index (κ2) is 6.33. The van der Waals surface area contributed by atoms with Gasteiger partial charge < -0.3 is 10.2 Å². The second-order valence-corrected chi connectivity index (χ2v) is 7.40. The van der Waals surface area contributed by atoms with Crippen molar-refractivity contribution in [2.24, 2.45) is 11.3 Å². The maximum atomic E-state index is 12.8. The van der Waals surface area contributed by atoms with Crippen molar-refractivity contribution in [2.75, 3.05) is 18.4 Å². The monoisotopic (exact) mass is 354 g/mol. The number of rotatable bonds is 3. The predicted molar refractivity (Wildman–Crippen MR) is 91.7 cm³/mol. The molecule has 0 radical (unpaired) electrons. The average Bonchev–Trinajstić information content (AvgIpc) is 3.34. The highest BCUT2D eigenvalue weighted by atomic mass is 35.5. The lowest BCUT2D eigenvalue weighted by Gasteiger charge is -2.32. The van der Waals surface area contributed by atoms with E-state index in [1.807, 2.05) is 4.90 Å². The van der Waals surface area contributed by atoms with Crippen molar-refractivity contribution in [3.63, 3.8) is 0 Å². The quantitative estimate of drug-likeness (QED) is 0.834. The summed E-state index contributed by atoms with van der Waals surface area (Å²) < 4.78 is 0. The number of hydrogen-bond acceptors (Lipinski definition) is 2. The summed E-state index contributed by atoms with van der Waals surface area (Å²) >= 11 is 12.1. The fourth-order valence-electron chi connectivity index (χ4n) is 3.02. The van der Waals surface area contributed by atoms with Gasteiger partial charge in [0.2, 0.25) is 11.8 Å². The number of benzene rings is 1. The normalized spacial score (nSPS) is 20.2. The Morgan fingerprint density at radius 2 is 1.87 bits per heavy atom. The van der Waals surface area contributed by atoms with E-state index in [0.29, 0.717) is 34.5 Å². The van der Waals surface area contributed by atoms with Crippen molar-refractivity contribution in [1.82, 2.24) is 4.90 Å². The zero-order valence-corrected chi connectivity index (χ0v) is 14.6. The number of nitrogens with zero attached hydrogens (tertiary/aromatic N) is 1. The molecular formula is C17H20Cl2N2O2. The molecule has 1 N–H and O–H groups in total. The molecule has 1 saturated carbocycles. The number of halogens is 2. The first-order valence-electron chi connectivity index (χ1n) is 7.99. The van der Waals surface area contributed by atoms with Crippen LogP contribution in [0, 0.1) is 11.3 Å². The Morgan fingerprint density at radius 3 is 2.48 bits per heavy atom. The van der Waals surface area contributed by atoms with Crippen molar-refractivity contribution in [2.45, 2.75) is 32.6 Å². The van der Waals surface area contributed by atoms with Gasteiger partial charge in [-0.2, -0.15) is 0 Å². The van der Waals surface area contributed by atoms with Crippen LogP contribution in [0.2, 0.25) is 10.0 Å². The van der Waals surface area contributed by atoms with Crippen LogP contribution in [-0.4, -0.2) is 29.8 Å². The summed E-state index contributed by atoms with van der Waals surface area (Å²) in [6.07, 6.45) is 3.21. The maximum absolute atomic E-state index is 12.8. The highest BCUT2D eigenvalue weighted by Gasteiger charge is 2.58. The molecular weight excluding hydrogens is 335 g/mol. The molecule has 6 heteroatoms. The van der Waals surface area contributed by atoms with E-state index in [4.69, 9.17) is 23.2 Å². The lowest BCUT2D eigenvalue weighted by molar-refractivity contribution is -0.143. The molecule has 0 atom stereocenters. The third-order valence-corrected chi connectivity index (χ3v) is 5.68. The maximum Gasteiger partial charge on any atom is 0.240 e. The van der Waals surface area contributed by atoms with E-state index in [-0.39, 0.29) is 11.8 Å². The van der Waals surface area contributed by atoms with Gasteiger partial charge in [0, 0.05) is 13.1 Å². The van der Waals surface area contributed by atoms with Crippen LogP contribution < -0.4 is 5.32 Å². The fraction of sp³-hybridized carbons (Fsp3) is 0.529. The van der Waals surface area contributed by atoms with Crippen LogP contribution in [0.25, 0.3) is 0 Å². The third kappa shape index (κ3) is 3.20. The van der Waals surface area contributed by atoms with Crippen LogP contribution in [0.1, 0.15) is 32.6 Å². The number of amides is 2. The molecule has 1 aliphatic carbocycles. The molecule has 0 aromatic heterocycles. The number of anilines is 1. The third-order valence-electron chi connectivity index (χ3n) is 4.86. The van der Waals surface area contributed by atoms with Gasteiger partial charge in [0.05, 0.1) is 15.7 Å². The molecule has 0 spiro atoms. The molecule has 23 heavy (non-hydrogen) atoms. The van der Waals surface area contributed by atoms with Gasteiger partial charge in [-0.1, -0.05) is 36.2 Å². The molecule has 0 unspecified atom stereocenters. The second-order valence-electron chi connectivity index (χ2n) is 6.61. The van der Waals surface area contributed by atoms with Gasteiger partial charge >= 0.3 is 0 Å². The predicted octanol–water partition coefficient (Wildman–Crippen LogP) is 3.97. The van der Waals surface area contributed by atoms with Crippen LogP contribution in [-0.2, 0) is 9.59 Å². The number of carbonyl (C=O) groups is 2.